The molecule has 1 aromatic rings. The number of ether oxygens (including phenoxy) is 1. The molecule has 0 spiro atoms. The summed E-state index contributed by atoms with van der Waals surface area (Å²) in [4.78, 5) is 4.59. The van der Waals surface area contributed by atoms with Crippen LogP contribution >= 0.6 is 0 Å². The lowest BCUT2D eigenvalue weighted by atomic mass is 10.1. The second kappa shape index (κ2) is 10.8. The number of methoxy groups -OCH3 is 1. The number of phenols is 1. The van der Waals surface area contributed by atoms with Crippen LogP contribution in [0.2, 0.25) is 0 Å². The summed E-state index contributed by atoms with van der Waals surface area (Å²) in [7, 11) is 1.54. The van der Waals surface area contributed by atoms with Crippen molar-refractivity contribution >= 4 is 5.96 Å². The minimum Gasteiger partial charge on any atom is -0.504 e. The normalized spacial score (nSPS) is 12.8. The molecular weight excluding hydrogens is 290 g/mol. The maximum atomic E-state index is 9.82. The quantitative estimate of drug-likeness (QED) is 0.370. The van der Waals surface area contributed by atoms with Gasteiger partial charge in [0.1, 0.15) is 0 Å². The van der Waals surface area contributed by atoms with Gasteiger partial charge in [0.05, 0.1) is 13.7 Å². The summed E-state index contributed by atoms with van der Waals surface area (Å²) >= 11 is 0. The molecule has 5 nitrogen and oxygen atoms in total. The Morgan fingerprint density at radius 2 is 2.09 bits per heavy atom. The number of hydrogen-bond acceptors (Lipinski definition) is 3. The van der Waals surface area contributed by atoms with E-state index in [1.807, 2.05) is 6.07 Å². The first kappa shape index (κ1) is 19.1. The van der Waals surface area contributed by atoms with Crippen molar-refractivity contribution in [2.75, 3.05) is 13.7 Å². The molecule has 0 radical (unpaired) electrons. The van der Waals surface area contributed by atoms with Gasteiger partial charge in [0, 0.05) is 12.6 Å². The minimum absolute atomic E-state index is 0.145. The molecule has 0 saturated carbocycles. The lowest BCUT2D eigenvalue weighted by Gasteiger charge is -2.17. The molecule has 0 heterocycles. The molecule has 0 aliphatic carbocycles. The van der Waals surface area contributed by atoms with E-state index in [1.54, 1.807) is 19.2 Å². The molecule has 0 fully saturated rings. The number of aromatic hydroxyl groups is 1. The van der Waals surface area contributed by atoms with Crippen LogP contribution in [0.4, 0.5) is 0 Å². The maximum Gasteiger partial charge on any atom is 0.191 e. The van der Waals surface area contributed by atoms with Crippen molar-refractivity contribution in [1.29, 1.82) is 0 Å². The summed E-state index contributed by atoms with van der Waals surface area (Å²) in [6, 6.07) is 5.75. The van der Waals surface area contributed by atoms with Gasteiger partial charge >= 0.3 is 0 Å². The van der Waals surface area contributed by atoms with Gasteiger partial charge in [-0.1, -0.05) is 32.3 Å². The number of rotatable bonds is 9. The summed E-state index contributed by atoms with van der Waals surface area (Å²) < 4.78 is 5.05. The Kier molecular flexibility index (Phi) is 8.95. The fraction of sp³-hybridized carbons (Fsp3) is 0.611. The van der Waals surface area contributed by atoms with Gasteiger partial charge in [0.15, 0.2) is 17.5 Å². The summed E-state index contributed by atoms with van der Waals surface area (Å²) in [5.41, 5.74) is 0.944. The van der Waals surface area contributed by atoms with Crippen molar-refractivity contribution in [1.82, 2.24) is 10.6 Å². The van der Waals surface area contributed by atoms with Gasteiger partial charge in [-0.2, -0.15) is 0 Å². The molecule has 5 heteroatoms. The first-order valence-corrected chi connectivity index (χ1v) is 8.51. The predicted molar refractivity (Wildman–Crippen MR) is 96.2 cm³/mol. The number of aliphatic imine (C=N–C) groups is 1. The molecule has 1 rings (SSSR count). The van der Waals surface area contributed by atoms with Crippen molar-refractivity contribution in [2.45, 2.75) is 59.0 Å². The smallest absolute Gasteiger partial charge is 0.191 e. The SMILES string of the molecule is CCCCCC(C)NC(=NCc1ccc(OC)c(O)c1)NCC. The first-order chi connectivity index (χ1) is 11.1. The average molecular weight is 321 g/mol. The van der Waals surface area contributed by atoms with Crippen molar-refractivity contribution < 1.29 is 9.84 Å². The highest BCUT2D eigenvalue weighted by molar-refractivity contribution is 5.80. The molecule has 3 N–H and O–H groups in total. The summed E-state index contributed by atoms with van der Waals surface area (Å²) in [6.45, 7) is 7.78. The lowest BCUT2D eigenvalue weighted by molar-refractivity contribution is 0.373. The predicted octanol–water partition coefficient (Wildman–Crippen LogP) is 3.42. The zero-order chi connectivity index (χ0) is 17.1. The Hall–Kier alpha value is -1.91. The molecule has 23 heavy (non-hydrogen) atoms. The monoisotopic (exact) mass is 321 g/mol. The average Bonchev–Trinajstić information content (AvgIpc) is 2.53. The van der Waals surface area contributed by atoms with Crippen molar-refractivity contribution in [3.8, 4) is 11.5 Å². The van der Waals surface area contributed by atoms with Gasteiger partial charge in [-0.25, -0.2) is 4.99 Å². The number of benzene rings is 1. The van der Waals surface area contributed by atoms with Crippen LogP contribution in [0.15, 0.2) is 23.2 Å². The standard InChI is InChI=1S/C18H31N3O2/c1-5-7-8-9-14(3)21-18(19-6-2)20-13-15-10-11-17(23-4)16(22)12-15/h10-12,14,22H,5-9,13H2,1-4H3,(H2,19,20,21). The van der Waals surface area contributed by atoms with E-state index in [-0.39, 0.29) is 5.75 Å². The largest absolute Gasteiger partial charge is 0.504 e. The Morgan fingerprint density at radius 3 is 2.70 bits per heavy atom. The van der Waals surface area contributed by atoms with Gasteiger partial charge in [0.2, 0.25) is 0 Å². The van der Waals surface area contributed by atoms with E-state index in [2.05, 4.69) is 36.4 Å². The number of nitrogens with zero attached hydrogens (tertiary/aromatic N) is 1. The molecular formula is C18H31N3O2. The van der Waals surface area contributed by atoms with E-state index < -0.39 is 0 Å². The van der Waals surface area contributed by atoms with Gasteiger partial charge in [0.25, 0.3) is 0 Å². The van der Waals surface area contributed by atoms with Crippen LogP contribution in [-0.2, 0) is 6.54 Å². The van der Waals surface area contributed by atoms with E-state index >= 15 is 0 Å². The summed E-state index contributed by atoms with van der Waals surface area (Å²) in [6.07, 6.45) is 4.88. The van der Waals surface area contributed by atoms with Crippen LogP contribution in [0.25, 0.3) is 0 Å². The number of hydrogen-bond donors (Lipinski definition) is 3. The van der Waals surface area contributed by atoms with Crippen LogP contribution < -0.4 is 15.4 Å². The molecule has 0 saturated heterocycles. The number of phenolic OH excluding ortho intramolecular Hbond substituents is 1. The van der Waals surface area contributed by atoms with Crippen LogP contribution in [0.1, 0.15) is 52.0 Å². The minimum atomic E-state index is 0.145. The van der Waals surface area contributed by atoms with Gasteiger partial charge in [-0.05, 0) is 38.0 Å². The number of unbranched alkanes of at least 4 members (excludes halogenated alkanes) is 2. The van der Waals surface area contributed by atoms with Crippen molar-refractivity contribution in [2.24, 2.45) is 4.99 Å². The van der Waals surface area contributed by atoms with Gasteiger partial charge in [-0.15, -0.1) is 0 Å². The zero-order valence-electron chi connectivity index (χ0n) is 14.9. The molecule has 0 bridgehead atoms. The van der Waals surface area contributed by atoms with Crippen LogP contribution in [0, 0.1) is 0 Å². The Bertz CT molecular complexity index is 489. The molecule has 130 valence electrons. The zero-order valence-corrected chi connectivity index (χ0v) is 14.9. The lowest BCUT2D eigenvalue weighted by Crippen LogP contribution is -2.42. The molecule has 0 aliphatic heterocycles. The second-order valence-electron chi connectivity index (χ2n) is 5.74. The van der Waals surface area contributed by atoms with Crippen molar-refractivity contribution in [3.63, 3.8) is 0 Å². The van der Waals surface area contributed by atoms with Gasteiger partial charge < -0.3 is 20.5 Å². The van der Waals surface area contributed by atoms with E-state index in [9.17, 15) is 5.11 Å². The van der Waals surface area contributed by atoms with E-state index in [1.165, 1.54) is 19.3 Å². The maximum absolute atomic E-state index is 9.82. The topological polar surface area (TPSA) is 65.9 Å². The fourth-order valence-corrected chi connectivity index (χ4v) is 2.33. The molecule has 1 aromatic carbocycles. The van der Waals surface area contributed by atoms with Gasteiger partial charge in [-0.3, -0.25) is 0 Å². The fourth-order valence-electron chi connectivity index (χ4n) is 2.33. The second-order valence-corrected chi connectivity index (χ2v) is 5.74. The third-order valence-corrected chi connectivity index (χ3v) is 3.63. The van der Waals surface area contributed by atoms with E-state index in [0.29, 0.717) is 18.3 Å². The van der Waals surface area contributed by atoms with Crippen LogP contribution in [0.3, 0.4) is 0 Å². The molecule has 1 unspecified atom stereocenters. The van der Waals surface area contributed by atoms with E-state index in [0.717, 1.165) is 24.5 Å². The molecule has 1 atom stereocenters. The highest BCUT2D eigenvalue weighted by atomic mass is 16.5. The summed E-state index contributed by atoms with van der Waals surface area (Å²) in [5.74, 6) is 1.44. The van der Waals surface area contributed by atoms with Crippen LogP contribution in [0.5, 0.6) is 11.5 Å². The Labute approximate surface area is 140 Å². The Morgan fingerprint density at radius 1 is 1.30 bits per heavy atom. The molecule has 0 aromatic heterocycles. The third-order valence-electron chi connectivity index (χ3n) is 3.63. The Balaban J connectivity index is 2.61. The highest BCUT2D eigenvalue weighted by Gasteiger charge is 2.06. The van der Waals surface area contributed by atoms with E-state index in [4.69, 9.17) is 4.74 Å². The molecule has 0 aliphatic rings. The highest BCUT2D eigenvalue weighted by Crippen LogP contribution is 2.26. The molecule has 0 amide bonds. The summed E-state index contributed by atoms with van der Waals surface area (Å²) in [5, 5.41) is 16.5. The van der Waals surface area contributed by atoms with Crippen LogP contribution in [-0.4, -0.2) is 30.8 Å². The number of nitrogens with one attached hydrogen (secondary N) is 2. The third kappa shape index (κ3) is 7.26. The first-order valence-electron chi connectivity index (χ1n) is 8.51. The number of guanidine groups is 1. The van der Waals surface area contributed by atoms with Crippen molar-refractivity contribution in [3.05, 3.63) is 23.8 Å².